The maximum absolute atomic E-state index is 13.3. The van der Waals surface area contributed by atoms with E-state index in [-0.39, 0.29) is 11.9 Å². The van der Waals surface area contributed by atoms with Gasteiger partial charge in [-0.3, -0.25) is 0 Å². The lowest BCUT2D eigenvalue weighted by Crippen LogP contribution is -2.24. The SMILES string of the molecule is CCCNC[C@H]1OCCCc2ccc(F)cc21. The van der Waals surface area contributed by atoms with Crippen LogP contribution in [0.1, 0.15) is 37.0 Å². The molecule has 1 aromatic rings. The maximum atomic E-state index is 13.3. The standard InChI is InChI=1S/C14H20FNO/c1-2-7-16-10-14-13-9-12(15)6-5-11(13)4-3-8-17-14/h5-6,9,14,16H,2-4,7-8,10H2,1H3/t14-/m1/s1. The molecule has 0 unspecified atom stereocenters. The first-order valence-corrected chi connectivity index (χ1v) is 6.42. The van der Waals surface area contributed by atoms with Crippen LogP contribution >= 0.6 is 0 Å². The molecule has 1 N–H and O–H groups in total. The minimum atomic E-state index is -0.172. The van der Waals surface area contributed by atoms with Crippen molar-refractivity contribution in [1.82, 2.24) is 5.32 Å². The molecule has 0 aliphatic carbocycles. The molecule has 0 amide bonds. The highest BCUT2D eigenvalue weighted by Gasteiger charge is 2.19. The largest absolute Gasteiger partial charge is 0.372 e. The summed E-state index contributed by atoms with van der Waals surface area (Å²) in [6.45, 7) is 4.64. The third kappa shape index (κ3) is 3.27. The summed E-state index contributed by atoms with van der Waals surface area (Å²) in [6.07, 6.45) is 3.10. The average Bonchev–Trinajstić information content (AvgIpc) is 2.52. The first-order valence-electron chi connectivity index (χ1n) is 6.42. The van der Waals surface area contributed by atoms with Crippen molar-refractivity contribution >= 4 is 0 Å². The molecule has 1 aliphatic rings. The Morgan fingerprint density at radius 3 is 3.18 bits per heavy atom. The summed E-state index contributed by atoms with van der Waals surface area (Å²) in [4.78, 5) is 0. The van der Waals surface area contributed by atoms with Gasteiger partial charge in [-0.2, -0.15) is 0 Å². The number of fused-ring (bicyclic) bond motifs is 1. The lowest BCUT2D eigenvalue weighted by Gasteiger charge is -2.18. The molecule has 1 heterocycles. The van der Waals surface area contributed by atoms with Crippen molar-refractivity contribution in [3.8, 4) is 0 Å². The summed E-state index contributed by atoms with van der Waals surface area (Å²) in [5.41, 5.74) is 2.25. The van der Waals surface area contributed by atoms with Gasteiger partial charge in [-0.15, -0.1) is 0 Å². The number of benzene rings is 1. The van der Waals surface area contributed by atoms with Gasteiger partial charge in [0.1, 0.15) is 5.82 Å². The van der Waals surface area contributed by atoms with Gasteiger partial charge >= 0.3 is 0 Å². The number of aryl methyl sites for hydroxylation is 1. The van der Waals surface area contributed by atoms with Crippen molar-refractivity contribution in [2.45, 2.75) is 32.3 Å². The predicted octanol–water partition coefficient (Wildman–Crippen LogP) is 2.83. The van der Waals surface area contributed by atoms with Crippen molar-refractivity contribution in [1.29, 1.82) is 0 Å². The number of nitrogens with one attached hydrogen (secondary N) is 1. The number of rotatable bonds is 4. The minimum absolute atomic E-state index is 0.00486. The molecule has 94 valence electrons. The van der Waals surface area contributed by atoms with Crippen molar-refractivity contribution in [2.75, 3.05) is 19.7 Å². The second kappa shape index (κ2) is 6.12. The third-order valence-electron chi connectivity index (χ3n) is 3.12. The van der Waals surface area contributed by atoms with E-state index < -0.39 is 0 Å². The second-order valence-electron chi connectivity index (χ2n) is 4.51. The predicted molar refractivity (Wildman–Crippen MR) is 66.6 cm³/mol. The van der Waals surface area contributed by atoms with Crippen LogP contribution in [0.5, 0.6) is 0 Å². The van der Waals surface area contributed by atoms with Gasteiger partial charge in [-0.25, -0.2) is 4.39 Å². The molecule has 0 radical (unpaired) electrons. The number of hydrogen-bond donors (Lipinski definition) is 1. The number of halogens is 1. The number of hydrogen-bond acceptors (Lipinski definition) is 2. The van der Waals surface area contributed by atoms with Crippen molar-refractivity contribution in [2.24, 2.45) is 0 Å². The topological polar surface area (TPSA) is 21.3 Å². The molecule has 0 saturated carbocycles. The molecule has 0 bridgehead atoms. The summed E-state index contributed by atoms with van der Waals surface area (Å²) in [5.74, 6) is -0.172. The Morgan fingerprint density at radius 2 is 2.35 bits per heavy atom. The van der Waals surface area contributed by atoms with E-state index >= 15 is 0 Å². The second-order valence-corrected chi connectivity index (χ2v) is 4.51. The molecule has 1 atom stereocenters. The van der Waals surface area contributed by atoms with Gasteiger partial charge in [0, 0.05) is 13.2 Å². The van der Waals surface area contributed by atoms with Crippen LogP contribution < -0.4 is 5.32 Å². The van der Waals surface area contributed by atoms with Gasteiger partial charge in [0.25, 0.3) is 0 Å². The zero-order valence-electron chi connectivity index (χ0n) is 10.3. The van der Waals surface area contributed by atoms with Gasteiger partial charge in [0.15, 0.2) is 0 Å². The fourth-order valence-electron chi connectivity index (χ4n) is 2.25. The molecule has 0 spiro atoms. The zero-order valence-corrected chi connectivity index (χ0v) is 10.3. The molecule has 0 saturated heterocycles. The van der Waals surface area contributed by atoms with Gasteiger partial charge < -0.3 is 10.1 Å². The van der Waals surface area contributed by atoms with Gasteiger partial charge in [0.05, 0.1) is 6.10 Å². The molecule has 3 heteroatoms. The fourth-order valence-corrected chi connectivity index (χ4v) is 2.25. The lowest BCUT2D eigenvalue weighted by molar-refractivity contribution is 0.0565. The fraction of sp³-hybridized carbons (Fsp3) is 0.571. The molecule has 1 aromatic carbocycles. The van der Waals surface area contributed by atoms with Crippen molar-refractivity contribution < 1.29 is 9.13 Å². The minimum Gasteiger partial charge on any atom is -0.372 e. The van der Waals surface area contributed by atoms with Gasteiger partial charge in [-0.05, 0) is 49.1 Å². The van der Waals surface area contributed by atoms with E-state index in [2.05, 4.69) is 12.2 Å². The Hall–Kier alpha value is -0.930. The number of ether oxygens (including phenoxy) is 1. The van der Waals surface area contributed by atoms with Crippen LogP contribution in [-0.4, -0.2) is 19.7 Å². The normalized spacial score (nSPS) is 19.8. The maximum Gasteiger partial charge on any atom is 0.123 e. The molecule has 2 rings (SSSR count). The summed E-state index contributed by atoms with van der Waals surface area (Å²) in [6, 6.07) is 5.06. The highest BCUT2D eigenvalue weighted by atomic mass is 19.1. The quantitative estimate of drug-likeness (QED) is 0.813. The summed E-state index contributed by atoms with van der Waals surface area (Å²) in [5, 5.41) is 3.35. The third-order valence-corrected chi connectivity index (χ3v) is 3.12. The van der Waals surface area contributed by atoms with E-state index in [1.807, 2.05) is 6.07 Å². The average molecular weight is 237 g/mol. The summed E-state index contributed by atoms with van der Waals surface area (Å²) < 4.78 is 19.1. The Morgan fingerprint density at radius 1 is 1.47 bits per heavy atom. The van der Waals surface area contributed by atoms with Crippen LogP contribution in [0, 0.1) is 5.82 Å². The molecular formula is C14H20FNO. The summed E-state index contributed by atoms with van der Waals surface area (Å²) in [7, 11) is 0. The zero-order chi connectivity index (χ0) is 12.1. The van der Waals surface area contributed by atoms with E-state index in [9.17, 15) is 4.39 Å². The highest BCUT2D eigenvalue weighted by Crippen LogP contribution is 2.26. The van der Waals surface area contributed by atoms with Gasteiger partial charge in [-0.1, -0.05) is 13.0 Å². The molecule has 1 aliphatic heterocycles. The van der Waals surface area contributed by atoms with E-state index in [0.29, 0.717) is 0 Å². The molecule has 0 aromatic heterocycles. The molecule has 0 fully saturated rings. The van der Waals surface area contributed by atoms with Crippen molar-refractivity contribution in [3.05, 3.63) is 35.1 Å². The molecule has 2 nitrogen and oxygen atoms in total. The highest BCUT2D eigenvalue weighted by molar-refractivity contribution is 5.31. The van der Waals surface area contributed by atoms with Crippen LogP contribution in [0.25, 0.3) is 0 Å². The van der Waals surface area contributed by atoms with Crippen molar-refractivity contribution in [3.63, 3.8) is 0 Å². The first-order chi connectivity index (χ1) is 8.31. The van der Waals surface area contributed by atoms with E-state index in [4.69, 9.17) is 4.74 Å². The van der Waals surface area contributed by atoms with Crippen LogP contribution in [0.2, 0.25) is 0 Å². The molecule has 17 heavy (non-hydrogen) atoms. The Labute approximate surface area is 102 Å². The van der Waals surface area contributed by atoms with E-state index in [1.165, 1.54) is 5.56 Å². The van der Waals surface area contributed by atoms with E-state index in [0.717, 1.165) is 44.5 Å². The first kappa shape index (κ1) is 12.5. The lowest BCUT2D eigenvalue weighted by atomic mass is 9.99. The Balaban J connectivity index is 2.13. The Kier molecular flexibility index (Phi) is 4.51. The van der Waals surface area contributed by atoms with E-state index in [1.54, 1.807) is 12.1 Å². The van der Waals surface area contributed by atoms with Crippen LogP contribution in [0.3, 0.4) is 0 Å². The molecular weight excluding hydrogens is 217 g/mol. The van der Waals surface area contributed by atoms with Crippen LogP contribution in [0.15, 0.2) is 18.2 Å². The van der Waals surface area contributed by atoms with Crippen LogP contribution in [-0.2, 0) is 11.2 Å². The Bertz CT molecular complexity index is 367. The monoisotopic (exact) mass is 237 g/mol. The smallest absolute Gasteiger partial charge is 0.123 e. The van der Waals surface area contributed by atoms with Gasteiger partial charge in [0.2, 0.25) is 0 Å². The summed E-state index contributed by atoms with van der Waals surface area (Å²) >= 11 is 0. The van der Waals surface area contributed by atoms with Crippen LogP contribution in [0.4, 0.5) is 4.39 Å².